The van der Waals surface area contributed by atoms with Crippen LogP contribution >= 0.6 is 0 Å². The lowest BCUT2D eigenvalue weighted by Gasteiger charge is -2.01. The number of aryl methyl sites for hydroxylation is 1. The smallest absolute Gasteiger partial charge is 0.179 e. The summed E-state index contributed by atoms with van der Waals surface area (Å²) in [6, 6.07) is 7.84. The molecule has 0 heterocycles. The number of hydrogen-bond acceptors (Lipinski definition) is 2. The highest BCUT2D eigenvalue weighted by molar-refractivity contribution is 7.79. The van der Waals surface area contributed by atoms with Crippen LogP contribution in [0, 0.1) is 6.92 Å². The van der Waals surface area contributed by atoms with Crippen molar-refractivity contribution >= 4 is 11.1 Å². The molecule has 0 saturated carbocycles. The molecule has 0 bridgehead atoms. The van der Waals surface area contributed by atoms with Gasteiger partial charge in [-0.25, -0.2) is 4.21 Å². The van der Waals surface area contributed by atoms with E-state index in [1.807, 2.05) is 31.2 Å². The highest BCUT2D eigenvalue weighted by atomic mass is 32.2. The molecule has 0 amide bonds. The van der Waals surface area contributed by atoms with E-state index in [9.17, 15) is 4.21 Å². The van der Waals surface area contributed by atoms with Gasteiger partial charge in [0.1, 0.15) is 5.94 Å². The standard InChI is InChI=1S/C9H12O3S/c1-8-2-4-9(5-3-8)6-12-7-13(10)11/h2-5H,6-7H2,1H3,(H,10,11). The summed E-state index contributed by atoms with van der Waals surface area (Å²) in [5.41, 5.74) is 2.20. The van der Waals surface area contributed by atoms with Gasteiger partial charge in [0.05, 0.1) is 6.61 Å². The Morgan fingerprint density at radius 2 is 2.00 bits per heavy atom. The quantitative estimate of drug-likeness (QED) is 0.752. The van der Waals surface area contributed by atoms with Gasteiger partial charge in [-0.1, -0.05) is 29.8 Å². The van der Waals surface area contributed by atoms with Crippen LogP contribution < -0.4 is 0 Å². The van der Waals surface area contributed by atoms with Crippen molar-refractivity contribution in [2.45, 2.75) is 13.5 Å². The van der Waals surface area contributed by atoms with E-state index < -0.39 is 11.1 Å². The van der Waals surface area contributed by atoms with Crippen LogP contribution in [0.25, 0.3) is 0 Å². The van der Waals surface area contributed by atoms with E-state index in [-0.39, 0.29) is 5.94 Å². The van der Waals surface area contributed by atoms with Gasteiger partial charge in [0, 0.05) is 0 Å². The summed E-state index contributed by atoms with van der Waals surface area (Å²) < 4.78 is 23.6. The van der Waals surface area contributed by atoms with Gasteiger partial charge in [-0.3, -0.25) is 0 Å². The molecular weight excluding hydrogens is 188 g/mol. The third-order valence-corrected chi connectivity index (χ3v) is 1.94. The van der Waals surface area contributed by atoms with E-state index in [0.29, 0.717) is 6.61 Å². The minimum Gasteiger partial charge on any atom is -0.361 e. The maximum atomic E-state index is 10.2. The first-order valence-corrected chi connectivity index (χ1v) is 5.17. The molecule has 1 N–H and O–H groups in total. The molecule has 1 rings (SSSR count). The van der Waals surface area contributed by atoms with Crippen molar-refractivity contribution in [3.05, 3.63) is 35.4 Å². The summed E-state index contributed by atoms with van der Waals surface area (Å²) in [5, 5.41) is 0. The Bertz CT molecular complexity index is 281. The molecule has 4 heteroatoms. The van der Waals surface area contributed by atoms with Gasteiger partial charge < -0.3 is 9.29 Å². The largest absolute Gasteiger partial charge is 0.361 e. The van der Waals surface area contributed by atoms with E-state index >= 15 is 0 Å². The lowest BCUT2D eigenvalue weighted by Crippen LogP contribution is -2.00. The Hall–Kier alpha value is -0.710. The van der Waals surface area contributed by atoms with Gasteiger partial charge in [0.25, 0.3) is 0 Å². The van der Waals surface area contributed by atoms with Crippen molar-refractivity contribution in [1.29, 1.82) is 0 Å². The summed E-state index contributed by atoms with van der Waals surface area (Å²) in [6.45, 7) is 2.39. The third kappa shape index (κ3) is 4.17. The highest BCUT2D eigenvalue weighted by Crippen LogP contribution is 2.04. The molecule has 0 spiro atoms. The molecular formula is C9H12O3S. The van der Waals surface area contributed by atoms with Gasteiger partial charge in [0.2, 0.25) is 0 Å². The lowest BCUT2D eigenvalue weighted by atomic mass is 10.2. The summed E-state index contributed by atoms with van der Waals surface area (Å²) in [6.07, 6.45) is 0. The van der Waals surface area contributed by atoms with Crippen LogP contribution in [0.2, 0.25) is 0 Å². The Morgan fingerprint density at radius 1 is 1.38 bits per heavy atom. The molecule has 1 aromatic carbocycles. The van der Waals surface area contributed by atoms with Crippen LogP contribution in [0.1, 0.15) is 11.1 Å². The average molecular weight is 200 g/mol. The van der Waals surface area contributed by atoms with Crippen molar-refractivity contribution in [3.63, 3.8) is 0 Å². The summed E-state index contributed by atoms with van der Waals surface area (Å²) in [7, 11) is 0. The summed E-state index contributed by atoms with van der Waals surface area (Å²) in [4.78, 5) is 0. The molecule has 0 fully saturated rings. The van der Waals surface area contributed by atoms with E-state index in [2.05, 4.69) is 0 Å². The van der Waals surface area contributed by atoms with Gasteiger partial charge >= 0.3 is 0 Å². The molecule has 0 aliphatic carbocycles. The molecule has 72 valence electrons. The second-order valence-corrected chi connectivity index (χ2v) is 3.65. The van der Waals surface area contributed by atoms with E-state index in [4.69, 9.17) is 9.29 Å². The molecule has 0 radical (unpaired) electrons. The van der Waals surface area contributed by atoms with Crippen molar-refractivity contribution in [3.8, 4) is 0 Å². The molecule has 13 heavy (non-hydrogen) atoms. The van der Waals surface area contributed by atoms with Crippen LogP contribution in [-0.2, 0) is 22.4 Å². The van der Waals surface area contributed by atoms with Crippen LogP contribution in [-0.4, -0.2) is 14.7 Å². The van der Waals surface area contributed by atoms with Crippen molar-refractivity contribution in [2.75, 3.05) is 5.94 Å². The van der Waals surface area contributed by atoms with Crippen molar-refractivity contribution in [1.82, 2.24) is 0 Å². The zero-order chi connectivity index (χ0) is 9.68. The van der Waals surface area contributed by atoms with Gasteiger partial charge in [0.15, 0.2) is 11.1 Å². The van der Waals surface area contributed by atoms with Crippen LogP contribution in [0.15, 0.2) is 24.3 Å². The maximum absolute atomic E-state index is 10.2. The summed E-state index contributed by atoms with van der Waals surface area (Å²) in [5.74, 6) is -0.131. The molecule has 1 aromatic rings. The fraction of sp³-hybridized carbons (Fsp3) is 0.333. The molecule has 0 saturated heterocycles. The van der Waals surface area contributed by atoms with E-state index in [1.54, 1.807) is 0 Å². The molecule has 3 nitrogen and oxygen atoms in total. The molecule has 0 aromatic heterocycles. The van der Waals surface area contributed by atoms with E-state index in [0.717, 1.165) is 5.56 Å². The number of ether oxygens (including phenoxy) is 1. The lowest BCUT2D eigenvalue weighted by molar-refractivity contribution is 0.162. The van der Waals surface area contributed by atoms with Gasteiger partial charge in [-0.15, -0.1) is 0 Å². The second-order valence-electron chi connectivity index (χ2n) is 2.77. The monoisotopic (exact) mass is 200 g/mol. The Balaban J connectivity index is 2.37. The first-order chi connectivity index (χ1) is 6.18. The molecule has 0 aliphatic heterocycles. The first kappa shape index (κ1) is 10.4. The van der Waals surface area contributed by atoms with Crippen LogP contribution in [0.5, 0.6) is 0 Å². The maximum Gasteiger partial charge on any atom is 0.179 e. The predicted octanol–water partition coefficient (Wildman–Crippen LogP) is 1.69. The minimum atomic E-state index is -1.87. The number of rotatable bonds is 4. The molecule has 1 unspecified atom stereocenters. The van der Waals surface area contributed by atoms with Crippen LogP contribution in [0.3, 0.4) is 0 Å². The first-order valence-electron chi connectivity index (χ1n) is 3.89. The minimum absolute atomic E-state index is 0.131. The Morgan fingerprint density at radius 3 is 2.54 bits per heavy atom. The fourth-order valence-electron chi connectivity index (χ4n) is 0.915. The number of benzene rings is 1. The zero-order valence-corrected chi connectivity index (χ0v) is 8.21. The average Bonchev–Trinajstić information content (AvgIpc) is 2.08. The van der Waals surface area contributed by atoms with Gasteiger partial charge in [-0.2, -0.15) is 0 Å². The van der Waals surface area contributed by atoms with Crippen molar-refractivity contribution < 1.29 is 13.5 Å². The topological polar surface area (TPSA) is 46.5 Å². The molecule has 0 aliphatic rings. The Kier molecular flexibility index (Phi) is 4.08. The zero-order valence-electron chi connectivity index (χ0n) is 7.40. The highest BCUT2D eigenvalue weighted by Gasteiger charge is 1.95. The summed E-state index contributed by atoms with van der Waals surface area (Å²) >= 11 is -1.87. The SMILES string of the molecule is Cc1ccc(COCS(=O)O)cc1. The fourth-order valence-corrected chi connectivity index (χ4v) is 1.14. The number of hydrogen-bond donors (Lipinski definition) is 1. The predicted molar refractivity (Wildman–Crippen MR) is 51.6 cm³/mol. The molecule has 1 atom stereocenters. The van der Waals surface area contributed by atoms with Crippen molar-refractivity contribution in [2.24, 2.45) is 0 Å². The Labute approximate surface area is 80.0 Å². The van der Waals surface area contributed by atoms with Gasteiger partial charge in [-0.05, 0) is 12.5 Å². The van der Waals surface area contributed by atoms with Crippen LogP contribution in [0.4, 0.5) is 0 Å². The van der Waals surface area contributed by atoms with E-state index in [1.165, 1.54) is 5.56 Å². The normalized spacial score (nSPS) is 12.8. The second kappa shape index (κ2) is 5.11. The third-order valence-electron chi connectivity index (χ3n) is 1.57.